The first kappa shape index (κ1) is 15.9. The van der Waals surface area contributed by atoms with Crippen LogP contribution in [0.4, 0.5) is 0 Å². The van der Waals surface area contributed by atoms with Gasteiger partial charge in [0.25, 0.3) is 0 Å². The summed E-state index contributed by atoms with van der Waals surface area (Å²) in [4.78, 5) is 0. The second kappa shape index (κ2) is 9.00. The maximum absolute atomic E-state index is 6.22. The molecule has 0 aliphatic heterocycles. The number of rotatable bonds is 9. The SMILES string of the molecule is CCC=CCC(CCCCC)O[Si](C)(C)C. The highest BCUT2D eigenvalue weighted by Crippen LogP contribution is 2.16. The van der Waals surface area contributed by atoms with E-state index in [1.54, 1.807) is 0 Å². The van der Waals surface area contributed by atoms with E-state index in [0.717, 1.165) is 12.8 Å². The molecule has 0 radical (unpaired) electrons. The quantitative estimate of drug-likeness (QED) is 0.309. The van der Waals surface area contributed by atoms with Gasteiger partial charge in [-0.1, -0.05) is 45.3 Å². The lowest BCUT2D eigenvalue weighted by molar-refractivity contribution is 0.182. The number of unbranched alkanes of at least 4 members (excludes halogenated alkanes) is 2. The lowest BCUT2D eigenvalue weighted by atomic mass is 10.1. The molecule has 1 nitrogen and oxygen atoms in total. The van der Waals surface area contributed by atoms with Crippen molar-refractivity contribution in [3.05, 3.63) is 12.2 Å². The summed E-state index contributed by atoms with van der Waals surface area (Å²) in [5, 5.41) is 0. The molecule has 2 heteroatoms. The Balaban J connectivity index is 4.00. The molecule has 16 heavy (non-hydrogen) atoms. The van der Waals surface area contributed by atoms with Crippen molar-refractivity contribution in [3.63, 3.8) is 0 Å². The van der Waals surface area contributed by atoms with Gasteiger partial charge >= 0.3 is 0 Å². The Hall–Kier alpha value is -0.0831. The van der Waals surface area contributed by atoms with Crippen LogP contribution in [-0.4, -0.2) is 14.4 Å². The molecule has 1 atom stereocenters. The standard InChI is InChI=1S/C14H30OSi/c1-6-8-10-12-14(13-11-9-7-2)15-16(3,4)5/h8,10,14H,6-7,9,11-13H2,1-5H3. The van der Waals surface area contributed by atoms with Gasteiger partial charge in [-0.15, -0.1) is 0 Å². The van der Waals surface area contributed by atoms with Gasteiger partial charge in [-0.05, 0) is 38.9 Å². The second-order valence-electron chi connectivity index (χ2n) is 5.46. The molecular formula is C14H30OSi. The van der Waals surface area contributed by atoms with Crippen molar-refractivity contribution in [2.75, 3.05) is 0 Å². The van der Waals surface area contributed by atoms with Crippen molar-refractivity contribution in [2.45, 2.75) is 78.1 Å². The zero-order chi connectivity index (χ0) is 12.4. The molecule has 0 bridgehead atoms. The van der Waals surface area contributed by atoms with Gasteiger partial charge in [0.05, 0.1) is 0 Å². The summed E-state index contributed by atoms with van der Waals surface area (Å²) in [6, 6.07) is 0. The van der Waals surface area contributed by atoms with E-state index in [4.69, 9.17) is 4.43 Å². The van der Waals surface area contributed by atoms with Crippen molar-refractivity contribution in [2.24, 2.45) is 0 Å². The fourth-order valence-corrected chi connectivity index (χ4v) is 2.98. The van der Waals surface area contributed by atoms with Crippen LogP contribution in [-0.2, 0) is 4.43 Å². The predicted octanol–water partition coefficient (Wildman–Crippen LogP) is 5.14. The van der Waals surface area contributed by atoms with E-state index in [1.807, 2.05) is 0 Å². The van der Waals surface area contributed by atoms with Crippen LogP contribution in [0.5, 0.6) is 0 Å². The van der Waals surface area contributed by atoms with Gasteiger partial charge in [-0.2, -0.15) is 0 Å². The average Bonchev–Trinajstić information content (AvgIpc) is 2.16. The molecule has 96 valence electrons. The molecule has 0 aromatic carbocycles. The molecule has 0 saturated heterocycles. The van der Waals surface area contributed by atoms with E-state index < -0.39 is 8.32 Å². The average molecular weight is 242 g/mol. The van der Waals surface area contributed by atoms with Crippen LogP contribution in [0.3, 0.4) is 0 Å². The maximum Gasteiger partial charge on any atom is 0.184 e. The Labute approximate surface area is 103 Å². The van der Waals surface area contributed by atoms with Crippen LogP contribution in [0, 0.1) is 0 Å². The predicted molar refractivity (Wildman–Crippen MR) is 76.4 cm³/mol. The van der Waals surface area contributed by atoms with Gasteiger partial charge in [0.2, 0.25) is 0 Å². The van der Waals surface area contributed by atoms with E-state index in [-0.39, 0.29) is 0 Å². The number of hydrogen-bond donors (Lipinski definition) is 0. The van der Waals surface area contributed by atoms with Crippen LogP contribution < -0.4 is 0 Å². The minimum Gasteiger partial charge on any atom is -0.414 e. The third kappa shape index (κ3) is 10.4. The van der Waals surface area contributed by atoms with Gasteiger partial charge in [0, 0.05) is 6.10 Å². The van der Waals surface area contributed by atoms with Gasteiger partial charge < -0.3 is 4.43 Å². The van der Waals surface area contributed by atoms with E-state index in [2.05, 4.69) is 45.6 Å². The molecule has 0 N–H and O–H groups in total. The smallest absolute Gasteiger partial charge is 0.184 e. The Kier molecular flexibility index (Phi) is 8.95. The molecule has 0 spiro atoms. The molecule has 1 unspecified atom stereocenters. The minimum absolute atomic E-state index is 0.459. The summed E-state index contributed by atoms with van der Waals surface area (Å²) in [7, 11) is -1.37. The second-order valence-corrected chi connectivity index (χ2v) is 9.92. The number of hydrogen-bond acceptors (Lipinski definition) is 1. The monoisotopic (exact) mass is 242 g/mol. The summed E-state index contributed by atoms with van der Waals surface area (Å²) >= 11 is 0. The summed E-state index contributed by atoms with van der Waals surface area (Å²) in [6.45, 7) is 11.3. The van der Waals surface area contributed by atoms with Crippen LogP contribution in [0.15, 0.2) is 12.2 Å². The van der Waals surface area contributed by atoms with Crippen molar-refractivity contribution < 1.29 is 4.43 Å². The molecule has 0 aromatic heterocycles. The fourth-order valence-electron chi connectivity index (χ4n) is 1.76. The highest BCUT2D eigenvalue weighted by Gasteiger charge is 2.19. The van der Waals surface area contributed by atoms with E-state index in [1.165, 1.54) is 25.7 Å². The summed E-state index contributed by atoms with van der Waals surface area (Å²) in [5.74, 6) is 0. The molecule has 0 saturated carbocycles. The highest BCUT2D eigenvalue weighted by molar-refractivity contribution is 6.69. The van der Waals surface area contributed by atoms with Crippen LogP contribution in [0.25, 0.3) is 0 Å². The van der Waals surface area contributed by atoms with Gasteiger partial charge in [0.1, 0.15) is 0 Å². The molecule has 0 heterocycles. The van der Waals surface area contributed by atoms with Crippen molar-refractivity contribution in [1.29, 1.82) is 0 Å². The number of allylic oxidation sites excluding steroid dienone is 1. The lowest BCUT2D eigenvalue weighted by Crippen LogP contribution is -2.31. The zero-order valence-corrected chi connectivity index (χ0v) is 12.9. The molecule has 0 aliphatic carbocycles. The highest BCUT2D eigenvalue weighted by atomic mass is 28.4. The first-order chi connectivity index (χ1) is 7.49. The Morgan fingerprint density at radius 1 is 1.06 bits per heavy atom. The topological polar surface area (TPSA) is 9.23 Å². The normalized spacial score (nSPS) is 14.6. The first-order valence-electron chi connectivity index (χ1n) is 6.82. The Bertz CT molecular complexity index is 182. The Morgan fingerprint density at radius 2 is 1.75 bits per heavy atom. The van der Waals surface area contributed by atoms with Gasteiger partial charge in [0.15, 0.2) is 8.32 Å². The molecule has 0 aliphatic rings. The zero-order valence-electron chi connectivity index (χ0n) is 11.9. The van der Waals surface area contributed by atoms with Crippen molar-refractivity contribution in [1.82, 2.24) is 0 Å². The molecule has 0 amide bonds. The molecule has 0 fully saturated rings. The van der Waals surface area contributed by atoms with E-state index in [9.17, 15) is 0 Å². The Morgan fingerprint density at radius 3 is 2.25 bits per heavy atom. The minimum atomic E-state index is -1.37. The van der Waals surface area contributed by atoms with E-state index in [0.29, 0.717) is 6.10 Å². The molecular weight excluding hydrogens is 212 g/mol. The first-order valence-corrected chi connectivity index (χ1v) is 10.2. The third-order valence-corrected chi connectivity index (χ3v) is 3.49. The van der Waals surface area contributed by atoms with Gasteiger partial charge in [-0.25, -0.2) is 0 Å². The van der Waals surface area contributed by atoms with Crippen LogP contribution in [0.1, 0.15) is 52.4 Å². The van der Waals surface area contributed by atoms with Crippen molar-refractivity contribution in [3.8, 4) is 0 Å². The van der Waals surface area contributed by atoms with Crippen LogP contribution >= 0.6 is 0 Å². The fraction of sp³-hybridized carbons (Fsp3) is 0.857. The van der Waals surface area contributed by atoms with E-state index >= 15 is 0 Å². The lowest BCUT2D eigenvalue weighted by Gasteiger charge is -2.25. The summed E-state index contributed by atoms with van der Waals surface area (Å²) in [5.41, 5.74) is 0. The largest absolute Gasteiger partial charge is 0.414 e. The summed E-state index contributed by atoms with van der Waals surface area (Å²) < 4.78 is 6.22. The summed E-state index contributed by atoms with van der Waals surface area (Å²) in [6.07, 6.45) is 12.4. The third-order valence-electron chi connectivity index (χ3n) is 2.45. The maximum atomic E-state index is 6.22. The molecule has 0 rings (SSSR count). The van der Waals surface area contributed by atoms with Gasteiger partial charge in [-0.3, -0.25) is 0 Å². The molecule has 0 aromatic rings. The van der Waals surface area contributed by atoms with Crippen molar-refractivity contribution >= 4 is 8.32 Å². The van der Waals surface area contributed by atoms with Crippen LogP contribution in [0.2, 0.25) is 19.6 Å².